The Morgan fingerprint density at radius 1 is 1.20 bits per heavy atom. The van der Waals surface area contributed by atoms with E-state index in [1.54, 1.807) is 0 Å². The van der Waals surface area contributed by atoms with Crippen molar-refractivity contribution >= 4 is 23.1 Å². The first kappa shape index (κ1) is 15.2. The molecule has 1 aliphatic rings. The highest BCUT2D eigenvalue weighted by Gasteiger charge is 2.17. The van der Waals surface area contributed by atoms with E-state index in [1.807, 2.05) is 24.3 Å². The highest BCUT2D eigenvalue weighted by molar-refractivity contribution is 7.78. The average Bonchev–Trinajstić information content (AvgIpc) is 2.47. The Morgan fingerprint density at radius 2 is 1.90 bits per heavy atom. The summed E-state index contributed by atoms with van der Waals surface area (Å²) in [5.41, 5.74) is 0.823. The highest BCUT2D eigenvalue weighted by atomic mass is 32.1. The van der Waals surface area contributed by atoms with Crippen LogP contribution in [0.2, 0.25) is 0 Å². The molecule has 0 spiro atoms. The minimum absolute atomic E-state index is 0.807. The number of rotatable bonds is 6. The lowest BCUT2D eigenvalue weighted by Crippen LogP contribution is -2.13. The van der Waals surface area contributed by atoms with Gasteiger partial charge in [-0.2, -0.15) is 4.99 Å². The Balaban J connectivity index is 1.64. The summed E-state index contributed by atoms with van der Waals surface area (Å²) < 4.78 is 5.76. The molecule has 0 heterocycles. The number of thiocarbonyl (C=S) groups is 1. The first-order valence-electron chi connectivity index (χ1n) is 7.58. The van der Waals surface area contributed by atoms with E-state index in [0.717, 1.165) is 36.3 Å². The van der Waals surface area contributed by atoms with Crippen LogP contribution in [0.15, 0.2) is 29.3 Å². The summed E-state index contributed by atoms with van der Waals surface area (Å²) in [6, 6.07) is 7.68. The summed E-state index contributed by atoms with van der Waals surface area (Å²) in [6.07, 6.45) is 8.09. The molecule has 0 aromatic heterocycles. The number of aliphatic imine (C=N–C) groups is 1. The molecule has 1 fully saturated rings. The highest BCUT2D eigenvalue weighted by Crippen LogP contribution is 2.31. The molecule has 1 aromatic carbocycles. The third kappa shape index (κ3) is 5.07. The molecule has 0 saturated heterocycles. The number of hydrogen-bond acceptors (Lipinski definition) is 3. The van der Waals surface area contributed by atoms with Gasteiger partial charge >= 0.3 is 0 Å². The zero-order valence-electron chi connectivity index (χ0n) is 12.2. The molecular formula is C17H23NOS. The summed E-state index contributed by atoms with van der Waals surface area (Å²) in [5.74, 6) is 2.77. The standard InChI is InChI=1S/C17H23NOS/c1-14-4-6-15(7-5-14)3-2-12-19-17-10-8-16(9-11-17)18-13-20/h8-11,14-15H,2-7,12H2,1H3. The maximum atomic E-state index is 5.76. The number of ether oxygens (including phenoxy) is 1. The molecule has 0 radical (unpaired) electrons. The fourth-order valence-electron chi connectivity index (χ4n) is 2.85. The van der Waals surface area contributed by atoms with Gasteiger partial charge < -0.3 is 4.74 Å². The summed E-state index contributed by atoms with van der Waals surface area (Å²) in [5, 5.41) is 2.36. The second-order valence-corrected chi connectivity index (χ2v) is 6.00. The molecule has 3 heteroatoms. The fraction of sp³-hybridized carbons (Fsp3) is 0.588. The summed E-state index contributed by atoms with van der Waals surface area (Å²) in [6.45, 7) is 3.18. The molecule has 0 atom stereocenters. The van der Waals surface area contributed by atoms with Crippen molar-refractivity contribution in [2.75, 3.05) is 6.61 Å². The van der Waals surface area contributed by atoms with Gasteiger partial charge in [-0.05, 0) is 61.2 Å². The molecule has 0 unspecified atom stereocenters. The molecule has 1 aliphatic carbocycles. The maximum absolute atomic E-state index is 5.76. The van der Waals surface area contributed by atoms with Crippen molar-refractivity contribution < 1.29 is 4.74 Å². The molecule has 108 valence electrons. The van der Waals surface area contributed by atoms with Crippen molar-refractivity contribution in [3.05, 3.63) is 24.3 Å². The quantitative estimate of drug-likeness (QED) is 0.397. The van der Waals surface area contributed by atoms with E-state index >= 15 is 0 Å². The second-order valence-electron chi connectivity index (χ2n) is 5.81. The Bertz CT molecular complexity index is 443. The van der Waals surface area contributed by atoms with Crippen LogP contribution in [0.5, 0.6) is 5.75 Å². The number of nitrogens with zero attached hydrogens (tertiary/aromatic N) is 1. The van der Waals surface area contributed by atoms with Crippen LogP contribution in [-0.2, 0) is 0 Å². The first-order valence-corrected chi connectivity index (χ1v) is 7.99. The molecular weight excluding hydrogens is 266 g/mol. The molecule has 20 heavy (non-hydrogen) atoms. The van der Waals surface area contributed by atoms with Crippen molar-refractivity contribution in [2.45, 2.75) is 45.4 Å². The van der Waals surface area contributed by atoms with Gasteiger partial charge in [0.05, 0.1) is 17.5 Å². The van der Waals surface area contributed by atoms with Crippen LogP contribution in [0, 0.1) is 11.8 Å². The third-order valence-corrected chi connectivity index (χ3v) is 4.26. The average molecular weight is 289 g/mol. The van der Waals surface area contributed by atoms with Gasteiger partial charge in [-0.3, -0.25) is 0 Å². The largest absolute Gasteiger partial charge is 0.494 e. The summed E-state index contributed by atoms with van der Waals surface area (Å²) >= 11 is 4.57. The van der Waals surface area contributed by atoms with Crippen LogP contribution < -0.4 is 4.74 Å². The topological polar surface area (TPSA) is 21.6 Å². The van der Waals surface area contributed by atoms with Gasteiger partial charge in [-0.1, -0.05) is 32.6 Å². The van der Waals surface area contributed by atoms with Gasteiger partial charge in [0.25, 0.3) is 0 Å². The minimum Gasteiger partial charge on any atom is -0.494 e. The summed E-state index contributed by atoms with van der Waals surface area (Å²) in [7, 11) is 0. The molecule has 1 aromatic rings. The lowest BCUT2D eigenvalue weighted by Gasteiger charge is -2.25. The Hall–Kier alpha value is -1.18. The van der Waals surface area contributed by atoms with Gasteiger partial charge in [0.15, 0.2) is 0 Å². The van der Waals surface area contributed by atoms with Crippen molar-refractivity contribution in [3.8, 4) is 5.75 Å². The molecule has 0 amide bonds. The van der Waals surface area contributed by atoms with Crippen LogP contribution >= 0.6 is 12.2 Å². The van der Waals surface area contributed by atoms with E-state index in [-0.39, 0.29) is 0 Å². The predicted molar refractivity (Wildman–Crippen MR) is 87.0 cm³/mol. The molecule has 2 nitrogen and oxygen atoms in total. The van der Waals surface area contributed by atoms with Crippen LogP contribution in [0.1, 0.15) is 45.4 Å². The fourth-order valence-corrected chi connectivity index (χ4v) is 2.95. The molecule has 1 saturated carbocycles. The minimum atomic E-state index is 0.807. The van der Waals surface area contributed by atoms with Crippen molar-refractivity contribution in [2.24, 2.45) is 16.8 Å². The number of hydrogen-bond donors (Lipinski definition) is 0. The SMILES string of the molecule is CC1CCC(CCCOc2ccc(N=C=S)cc2)CC1. The van der Waals surface area contributed by atoms with Crippen LogP contribution in [0.4, 0.5) is 5.69 Å². The molecule has 0 N–H and O–H groups in total. The maximum Gasteiger partial charge on any atom is 0.119 e. The first-order chi connectivity index (χ1) is 9.78. The van der Waals surface area contributed by atoms with Gasteiger partial charge in [0.2, 0.25) is 0 Å². The lowest BCUT2D eigenvalue weighted by atomic mass is 9.81. The van der Waals surface area contributed by atoms with E-state index in [0.29, 0.717) is 0 Å². The summed E-state index contributed by atoms with van der Waals surface area (Å²) in [4.78, 5) is 3.92. The van der Waals surface area contributed by atoms with Gasteiger partial charge in [-0.15, -0.1) is 0 Å². The zero-order valence-corrected chi connectivity index (χ0v) is 13.0. The van der Waals surface area contributed by atoms with Crippen molar-refractivity contribution in [1.29, 1.82) is 0 Å². The smallest absolute Gasteiger partial charge is 0.119 e. The molecule has 2 rings (SSSR count). The van der Waals surface area contributed by atoms with Gasteiger partial charge in [-0.25, -0.2) is 0 Å². The Labute approximate surface area is 127 Å². The van der Waals surface area contributed by atoms with Crippen molar-refractivity contribution in [1.82, 2.24) is 0 Å². The van der Waals surface area contributed by atoms with E-state index in [2.05, 4.69) is 29.3 Å². The molecule has 0 bridgehead atoms. The molecule has 0 aliphatic heterocycles. The third-order valence-electron chi connectivity index (χ3n) is 4.17. The Kier molecular flexibility index (Phi) is 6.23. The van der Waals surface area contributed by atoms with E-state index in [9.17, 15) is 0 Å². The lowest BCUT2D eigenvalue weighted by molar-refractivity contribution is 0.245. The van der Waals surface area contributed by atoms with E-state index in [4.69, 9.17) is 4.74 Å². The van der Waals surface area contributed by atoms with Gasteiger partial charge in [0.1, 0.15) is 5.75 Å². The van der Waals surface area contributed by atoms with E-state index < -0.39 is 0 Å². The van der Waals surface area contributed by atoms with Gasteiger partial charge in [0, 0.05) is 0 Å². The number of isothiocyanates is 1. The zero-order chi connectivity index (χ0) is 14.2. The monoisotopic (exact) mass is 289 g/mol. The van der Waals surface area contributed by atoms with Crippen LogP contribution in [0.25, 0.3) is 0 Å². The van der Waals surface area contributed by atoms with Crippen LogP contribution in [-0.4, -0.2) is 11.8 Å². The van der Waals surface area contributed by atoms with E-state index in [1.165, 1.54) is 32.1 Å². The Morgan fingerprint density at radius 3 is 2.55 bits per heavy atom. The predicted octanol–water partition coefficient (Wildman–Crippen LogP) is 5.41. The second kappa shape index (κ2) is 8.18. The number of benzene rings is 1. The normalized spacial score (nSPS) is 22.1. The van der Waals surface area contributed by atoms with Crippen molar-refractivity contribution in [3.63, 3.8) is 0 Å². The van der Waals surface area contributed by atoms with Crippen LogP contribution in [0.3, 0.4) is 0 Å².